The molecule has 118 valence electrons. The molecule has 2 bridgehead atoms. The Morgan fingerprint density at radius 3 is 1.48 bits per heavy atom. The van der Waals surface area contributed by atoms with Gasteiger partial charge in [0.1, 0.15) is 0 Å². The van der Waals surface area contributed by atoms with Gasteiger partial charge in [-0.3, -0.25) is 4.98 Å². The lowest BCUT2D eigenvalue weighted by Crippen LogP contribution is -2.14. The van der Waals surface area contributed by atoms with Gasteiger partial charge in [0, 0.05) is 0 Å². The van der Waals surface area contributed by atoms with E-state index in [1.807, 2.05) is 0 Å². The monoisotopic (exact) mass is 301 g/mol. The molecular weight excluding hydrogens is 274 g/mol. The van der Waals surface area contributed by atoms with Gasteiger partial charge in [-0.15, -0.1) is 0 Å². The molecule has 0 aromatic carbocycles. The SMILES string of the molecule is [2H]C1([2H])OCCOCCOCCOCCOC([2H])([2H])c2cccc1n2. The quantitative estimate of drug-likeness (QED) is 0.717. The lowest BCUT2D eigenvalue weighted by atomic mass is 10.3. The summed E-state index contributed by atoms with van der Waals surface area (Å²) in [5.41, 5.74) is -0.0589. The zero-order valence-electron chi connectivity index (χ0n) is 15.9. The van der Waals surface area contributed by atoms with Gasteiger partial charge in [0.05, 0.1) is 82.8 Å². The molecule has 2 rings (SSSR count). The number of aromatic nitrogens is 1. The summed E-state index contributed by atoms with van der Waals surface area (Å²) < 4.78 is 58.2. The van der Waals surface area contributed by atoms with E-state index in [9.17, 15) is 0 Å². The third-order valence-electron chi connectivity index (χ3n) is 2.51. The molecule has 0 fully saturated rings. The van der Waals surface area contributed by atoms with E-state index in [0.29, 0.717) is 26.4 Å². The minimum Gasteiger partial charge on any atom is -0.377 e. The van der Waals surface area contributed by atoms with Crippen LogP contribution in [-0.2, 0) is 36.8 Å². The Labute approximate surface area is 130 Å². The van der Waals surface area contributed by atoms with Crippen LogP contribution in [0.25, 0.3) is 0 Å². The van der Waals surface area contributed by atoms with E-state index in [2.05, 4.69) is 4.98 Å². The predicted octanol–water partition coefficient (Wildman–Crippen LogP) is 1.18. The molecule has 1 aromatic rings. The summed E-state index contributed by atoms with van der Waals surface area (Å²) in [5, 5.41) is 0. The fourth-order valence-electron chi connectivity index (χ4n) is 1.54. The van der Waals surface area contributed by atoms with E-state index in [4.69, 9.17) is 29.2 Å². The topological polar surface area (TPSA) is 59.0 Å². The third-order valence-corrected chi connectivity index (χ3v) is 2.51. The van der Waals surface area contributed by atoms with Crippen LogP contribution >= 0.6 is 0 Å². The van der Waals surface area contributed by atoms with Gasteiger partial charge in [-0.2, -0.15) is 0 Å². The van der Waals surface area contributed by atoms with Crippen molar-refractivity contribution in [2.75, 3.05) is 52.9 Å². The molecule has 6 heteroatoms. The highest BCUT2D eigenvalue weighted by molar-refractivity contribution is 5.09. The van der Waals surface area contributed by atoms with E-state index < -0.39 is 13.1 Å². The largest absolute Gasteiger partial charge is 0.377 e. The van der Waals surface area contributed by atoms with Gasteiger partial charge < -0.3 is 23.7 Å². The molecule has 0 saturated carbocycles. The van der Waals surface area contributed by atoms with E-state index in [1.54, 1.807) is 0 Å². The van der Waals surface area contributed by atoms with Crippen LogP contribution in [0, 0.1) is 0 Å². The van der Waals surface area contributed by atoms with Crippen molar-refractivity contribution in [3.63, 3.8) is 0 Å². The van der Waals surface area contributed by atoms with Crippen molar-refractivity contribution in [3.05, 3.63) is 29.6 Å². The summed E-state index contributed by atoms with van der Waals surface area (Å²) in [7, 11) is 0. The summed E-state index contributed by atoms with van der Waals surface area (Å²) in [5.74, 6) is 0. The normalized spacial score (nSPS) is 28.0. The summed E-state index contributed by atoms with van der Waals surface area (Å²) in [6, 6.07) is 4.40. The molecule has 0 atom stereocenters. The minimum atomic E-state index is -2.17. The fourth-order valence-corrected chi connectivity index (χ4v) is 1.54. The molecule has 0 N–H and O–H groups in total. The zero-order chi connectivity index (χ0) is 18.2. The molecule has 0 aliphatic carbocycles. The molecule has 1 aromatic heterocycles. The number of hydrogen-bond donors (Lipinski definition) is 0. The van der Waals surface area contributed by atoms with E-state index in [-0.39, 0.29) is 37.8 Å². The lowest BCUT2D eigenvalue weighted by Gasteiger charge is -2.09. The summed E-state index contributed by atoms with van der Waals surface area (Å²) >= 11 is 0. The molecular formula is C15H23NO5. The van der Waals surface area contributed by atoms with Crippen LogP contribution in [-0.4, -0.2) is 57.8 Å². The first kappa shape index (κ1) is 11.5. The Kier molecular flexibility index (Phi) is 5.83. The fraction of sp³-hybridized carbons (Fsp3) is 0.667. The minimum absolute atomic E-state index is 0.0295. The molecule has 21 heavy (non-hydrogen) atoms. The summed E-state index contributed by atoms with van der Waals surface area (Å²) in [6.07, 6.45) is 0. The van der Waals surface area contributed by atoms with Crippen molar-refractivity contribution >= 4 is 0 Å². The first-order valence-corrected chi connectivity index (χ1v) is 6.91. The molecule has 0 unspecified atom stereocenters. The maximum Gasteiger partial charge on any atom is 0.0889 e. The number of ether oxygens (including phenoxy) is 5. The van der Waals surface area contributed by atoms with Crippen molar-refractivity contribution < 1.29 is 29.2 Å². The second kappa shape index (κ2) is 10.6. The highest BCUT2D eigenvalue weighted by Gasteiger charge is 2.00. The van der Waals surface area contributed by atoms with Gasteiger partial charge in [0.25, 0.3) is 0 Å². The van der Waals surface area contributed by atoms with Crippen LogP contribution in [0.2, 0.25) is 0 Å². The smallest absolute Gasteiger partial charge is 0.0889 e. The van der Waals surface area contributed by atoms with Gasteiger partial charge >= 0.3 is 0 Å². The Morgan fingerprint density at radius 2 is 1.05 bits per heavy atom. The zero-order valence-corrected chi connectivity index (χ0v) is 11.9. The van der Waals surface area contributed by atoms with Crippen molar-refractivity contribution in [1.82, 2.24) is 4.98 Å². The molecule has 0 amide bonds. The van der Waals surface area contributed by atoms with Crippen LogP contribution < -0.4 is 0 Å². The molecule has 6 nitrogen and oxygen atoms in total. The number of nitrogens with zero attached hydrogens (tertiary/aromatic N) is 1. The first-order valence-electron chi connectivity index (χ1n) is 8.91. The highest BCUT2D eigenvalue weighted by Crippen LogP contribution is 2.03. The summed E-state index contributed by atoms with van der Waals surface area (Å²) in [4.78, 5) is 4.04. The van der Waals surface area contributed by atoms with E-state index in [1.165, 1.54) is 18.2 Å². The number of fused-ring (bicyclic) bond motifs is 2. The highest BCUT2D eigenvalue weighted by atomic mass is 16.6. The first-order chi connectivity index (χ1) is 11.9. The van der Waals surface area contributed by atoms with Crippen LogP contribution in [0.4, 0.5) is 0 Å². The second-order valence-electron chi connectivity index (χ2n) is 4.15. The molecule has 0 spiro atoms. The average molecular weight is 301 g/mol. The Morgan fingerprint density at radius 1 is 0.667 bits per heavy atom. The maximum absolute atomic E-state index is 7.98. The maximum atomic E-state index is 7.98. The number of rotatable bonds is 0. The van der Waals surface area contributed by atoms with Crippen molar-refractivity contribution in [2.24, 2.45) is 0 Å². The Bertz CT molecular complexity index is 491. The van der Waals surface area contributed by atoms with Crippen molar-refractivity contribution in [3.8, 4) is 0 Å². The van der Waals surface area contributed by atoms with E-state index in [0.717, 1.165) is 0 Å². The predicted molar refractivity (Wildman–Crippen MR) is 76.0 cm³/mol. The van der Waals surface area contributed by atoms with Crippen molar-refractivity contribution in [1.29, 1.82) is 0 Å². The third kappa shape index (κ3) is 7.50. The van der Waals surface area contributed by atoms with Gasteiger partial charge in [-0.1, -0.05) is 6.07 Å². The molecule has 1 aliphatic heterocycles. The molecule has 2 heterocycles. The van der Waals surface area contributed by atoms with Gasteiger partial charge in [-0.05, 0) is 12.1 Å². The molecule has 1 aliphatic rings. The van der Waals surface area contributed by atoms with Gasteiger partial charge in [0.15, 0.2) is 0 Å². The van der Waals surface area contributed by atoms with Crippen LogP contribution in [0.15, 0.2) is 18.2 Å². The van der Waals surface area contributed by atoms with Crippen LogP contribution in [0.3, 0.4) is 0 Å². The van der Waals surface area contributed by atoms with Gasteiger partial charge in [-0.25, -0.2) is 0 Å². The lowest BCUT2D eigenvalue weighted by molar-refractivity contribution is -0.0152. The molecule has 0 saturated heterocycles. The summed E-state index contributed by atoms with van der Waals surface area (Å²) in [6.45, 7) is -2.28. The number of pyridine rings is 1. The van der Waals surface area contributed by atoms with Gasteiger partial charge in [0.2, 0.25) is 0 Å². The number of hydrogen-bond acceptors (Lipinski definition) is 6. The average Bonchev–Trinajstić information content (AvgIpc) is 2.58. The van der Waals surface area contributed by atoms with Crippen molar-refractivity contribution in [2.45, 2.75) is 13.1 Å². The van der Waals surface area contributed by atoms with E-state index >= 15 is 0 Å². The second-order valence-corrected chi connectivity index (χ2v) is 4.15. The Hall–Kier alpha value is -1.05. The van der Waals surface area contributed by atoms with Crippen LogP contribution in [0.1, 0.15) is 16.9 Å². The standard InChI is InChI=1S/C15H23NO5/c1-2-14-12-20-10-8-18-6-4-17-5-7-19-9-11-21-13-15(3-1)16-14/h1-3H,4-13H2/i12D2,13D2. The van der Waals surface area contributed by atoms with Crippen LogP contribution in [0.5, 0.6) is 0 Å². The Balaban J connectivity index is 2.09. The molecule has 0 radical (unpaired) electrons.